The second kappa shape index (κ2) is 6.14. The third-order valence-corrected chi connectivity index (χ3v) is 4.24. The summed E-state index contributed by atoms with van der Waals surface area (Å²) in [6, 6.07) is 4.10. The number of halogens is 1. The maximum absolute atomic E-state index is 6.09. The number of fused-ring (bicyclic) bond motifs is 1. The van der Waals surface area contributed by atoms with Gasteiger partial charge in [0.2, 0.25) is 0 Å². The Hall–Kier alpha value is -2.18. The second-order valence-electron chi connectivity index (χ2n) is 5.70. The van der Waals surface area contributed by atoms with Crippen LogP contribution >= 0.6 is 11.6 Å². The monoisotopic (exact) mass is 328 g/mol. The van der Waals surface area contributed by atoms with Crippen molar-refractivity contribution in [2.24, 2.45) is 0 Å². The molecule has 6 nitrogen and oxygen atoms in total. The van der Waals surface area contributed by atoms with Crippen LogP contribution in [0.5, 0.6) is 0 Å². The highest BCUT2D eigenvalue weighted by Gasteiger charge is 2.14. The second-order valence-corrected chi connectivity index (χ2v) is 6.13. The molecule has 0 aromatic carbocycles. The lowest BCUT2D eigenvalue weighted by molar-refractivity contribution is 0.479. The van der Waals surface area contributed by atoms with Crippen LogP contribution in [0, 0.1) is 0 Å². The van der Waals surface area contributed by atoms with Crippen LogP contribution in [0.4, 0.5) is 5.82 Å². The smallest absolute Gasteiger partial charge is 0.145 e. The van der Waals surface area contributed by atoms with E-state index in [1.807, 2.05) is 22.7 Å². The van der Waals surface area contributed by atoms with E-state index in [9.17, 15) is 0 Å². The number of imidazole rings is 1. The maximum atomic E-state index is 6.09. The van der Waals surface area contributed by atoms with Crippen molar-refractivity contribution < 1.29 is 0 Å². The van der Waals surface area contributed by atoms with Gasteiger partial charge in [-0.25, -0.2) is 9.97 Å². The Bertz CT molecular complexity index is 824. The van der Waals surface area contributed by atoms with Gasteiger partial charge in [0.25, 0.3) is 0 Å². The van der Waals surface area contributed by atoms with E-state index in [0.29, 0.717) is 11.1 Å². The summed E-state index contributed by atoms with van der Waals surface area (Å²) in [5.41, 5.74) is 2.48. The summed E-state index contributed by atoms with van der Waals surface area (Å²) in [6.07, 6.45) is 9.46. The van der Waals surface area contributed by atoms with E-state index in [4.69, 9.17) is 11.6 Å². The first-order valence-electron chi connectivity index (χ1n) is 7.72. The van der Waals surface area contributed by atoms with Crippen molar-refractivity contribution in [3.63, 3.8) is 0 Å². The minimum absolute atomic E-state index is 0.393. The molecule has 4 rings (SSSR count). The van der Waals surface area contributed by atoms with Gasteiger partial charge in [-0.05, 0) is 31.5 Å². The highest BCUT2D eigenvalue weighted by molar-refractivity contribution is 6.30. The SMILES string of the molecule is Clc1ccc2ncc(-c3cncc(NC4CCCNC4)n3)n2c1. The number of hydrogen-bond donors (Lipinski definition) is 2. The van der Waals surface area contributed by atoms with Gasteiger partial charge in [0, 0.05) is 18.8 Å². The van der Waals surface area contributed by atoms with Gasteiger partial charge in [0.05, 0.1) is 29.3 Å². The van der Waals surface area contributed by atoms with Crippen molar-refractivity contribution in [3.05, 3.63) is 41.9 Å². The third-order valence-electron chi connectivity index (χ3n) is 4.02. The molecule has 1 atom stereocenters. The number of nitrogens with one attached hydrogen (secondary N) is 2. The highest BCUT2D eigenvalue weighted by atomic mass is 35.5. The number of hydrogen-bond acceptors (Lipinski definition) is 5. The van der Waals surface area contributed by atoms with E-state index in [1.165, 1.54) is 6.42 Å². The lowest BCUT2D eigenvalue weighted by Crippen LogP contribution is -2.38. The van der Waals surface area contributed by atoms with Crippen molar-refractivity contribution in [3.8, 4) is 11.4 Å². The molecule has 0 saturated carbocycles. The molecule has 3 aromatic heterocycles. The van der Waals surface area contributed by atoms with E-state index in [2.05, 4.69) is 25.6 Å². The fourth-order valence-corrected chi connectivity index (χ4v) is 3.05. The van der Waals surface area contributed by atoms with Gasteiger partial charge in [0.15, 0.2) is 0 Å². The number of nitrogens with zero attached hydrogens (tertiary/aromatic N) is 4. The summed E-state index contributed by atoms with van der Waals surface area (Å²) < 4.78 is 1.93. The molecule has 2 N–H and O–H groups in total. The Morgan fingerprint density at radius 1 is 1.26 bits per heavy atom. The van der Waals surface area contributed by atoms with Crippen LogP contribution in [0.1, 0.15) is 12.8 Å². The molecule has 0 amide bonds. The molecule has 1 unspecified atom stereocenters. The molecular weight excluding hydrogens is 312 g/mol. The minimum atomic E-state index is 0.393. The summed E-state index contributed by atoms with van der Waals surface area (Å²) in [5, 5.41) is 7.50. The van der Waals surface area contributed by atoms with E-state index in [-0.39, 0.29) is 0 Å². The topological polar surface area (TPSA) is 67.1 Å². The van der Waals surface area contributed by atoms with Gasteiger partial charge >= 0.3 is 0 Å². The zero-order chi connectivity index (χ0) is 15.6. The average Bonchev–Trinajstić information content (AvgIpc) is 2.99. The Labute approximate surface area is 138 Å². The van der Waals surface area contributed by atoms with Gasteiger partial charge in [0.1, 0.15) is 17.2 Å². The fourth-order valence-electron chi connectivity index (χ4n) is 2.89. The number of piperidine rings is 1. The van der Waals surface area contributed by atoms with Crippen molar-refractivity contribution in [1.29, 1.82) is 0 Å². The molecule has 0 bridgehead atoms. The van der Waals surface area contributed by atoms with Crippen LogP contribution in [-0.4, -0.2) is 38.5 Å². The molecule has 0 spiro atoms. The maximum Gasteiger partial charge on any atom is 0.145 e. The molecule has 7 heteroatoms. The van der Waals surface area contributed by atoms with Crippen LogP contribution in [0.3, 0.4) is 0 Å². The molecule has 0 radical (unpaired) electrons. The zero-order valence-corrected chi connectivity index (χ0v) is 13.3. The van der Waals surface area contributed by atoms with Gasteiger partial charge in [-0.1, -0.05) is 11.6 Å². The number of anilines is 1. The number of pyridine rings is 1. The first-order chi connectivity index (χ1) is 11.3. The van der Waals surface area contributed by atoms with E-state index >= 15 is 0 Å². The zero-order valence-electron chi connectivity index (χ0n) is 12.5. The third kappa shape index (κ3) is 3.00. The molecule has 4 heterocycles. The summed E-state index contributed by atoms with van der Waals surface area (Å²) >= 11 is 6.09. The molecule has 1 aliphatic rings. The van der Waals surface area contributed by atoms with Crippen LogP contribution in [-0.2, 0) is 0 Å². The van der Waals surface area contributed by atoms with Crippen molar-refractivity contribution in [1.82, 2.24) is 24.7 Å². The fraction of sp³-hybridized carbons (Fsp3) is 0.312. The first kappa shape index (κ1) is 14.4. The summed E-state index contributed by atoms with van der Waals surface area (Å²) in [5.74, 6) is 0.785. The molecule has 1 fully saturated rings. The molecule has 1 aliphatic heterocycles. The van der Waals surface area contributed by atoms with Gasteiger partial charge in [-0.15, -0.1) is 0 Å². The Balaban J connectivity index is 1.65. The summed E-state index contributed by atoms with van der Waals surface area (Å²) in [6.45, 7) is 2.05. The Morgan fingerprint density at radius 3 is 3.09 bits per heavy atom. The standard InChI is InChI=1S/C16H17ClN6/c17-11-3-4-16-20-8-14(23(16)10-11)13-7-19-9-15(22-13)21-12-2-1-5-18-6-12/h3-4,7-10,12,18H,1-2,5-6H2,(H,21,22). The molecular formula is C16H17ClN6. The van der Waals surface area contributed by atoms with E-state index in [0.717, 1.165) is 42.4 Å². The predicted octanol–water partition coefficient (Wildman–Crippen LogP) is 2.61. The molecule has 0 aliphatic carbocycles. The van der Waals surface area contributed by atoms with Crippen LogP contribution in [0.2, 0.25) is 5.02 Å². The lowest BCUT2D eigenvalue weighted by Gasteiger charge is -2.24. The molecule has 23 heavy (non-hydrogen) atoms. The molecule has 1 saturated heterocycles. The Kier molecular flexibility index (Phi) is 3.85. The first-order valence-corrected chi connectivity index (χ1v) is 8.10. The molecule has 118 valence electrons. The summed E-state index contributed by atoms with van der Waals surface area (Å²) in [7, 11) is 0. The highest BCUT2D eigenvalue weighted by Crippen LogP contribution is 2.22. The average molecular weight is 329 g/mol. The van der Waals surface area contributed by atoms with Gasteiger partial charge in [-0.2, -0.15) is 0 Å². The largest absolute Gasteiger partial charge is 0.365 e. The van der Waals surface area contributed by atoms with Crippen molar-refractivity contribution >= 4 is 23.1 Å². The lowest BCUT2D eigenvalue weighted by atomic mass is 10.1. The van der Waals surface area contributed by atoms with E-state index < -0.39 is 0 Å². The van der Waals surface area contributed by atoms with Crippen molar-refractivity contribution in [2.75, 3.05) is 18.4 Å². The van der Waals surface area contributed by atoms with Crippen LogP contribution < -0.4 is 10.6 Å². The van der Waals surface area contributed by atoms with Crippen LogP contribution in [0.15, 0.2) is 36.9 Å². The Morgan fingerprint density at radius 2 is 2.22 bits per heavy atom. The van der Waals surface area contributed by atoms with Gasteiger partial charge in [-0.3, -0.25) is 9.38 Å². The van der Waals surface area contributed by atoms with Crippen LogP contribution in [0.25, 0.3) is 17.0 Å². The van der Waals surface area contributed by atoms with Crippen molar-refractivity contribution in [2.45, 2.75) is 18.9 Å². The predicted molar refractivity (Wildman–Crippen MR) is 90.7 cm³/mol. The molecule has 3 aromatic rings. The minimum Gasteiger partial charge on any atom is -0.365 e. The van der Waals surface area contributed by atoms with Gasteiger partial charge < -0.3 is 10.6 Å². The summed E-state index contributed by atoms with van der Waals surface area (Å²) in [4.78, 5) is 13.4. The number of rotatable bonds is 3. The quantitative estimate of drug-likeness (QED) is 0.773. The number of aromatic nitrogens is 4. The van der Waals surface area contributed by atoms with E-state index in [1.54, 1.807) is 18.6 Å². The normalized spacial score (nSPS) is 18.2.